The number of esters is 1. The van der Waals surface area contributed by atoms with Crippen molar-refractivity contribution in [2.45, 2.75) is 19.6 Å². The molecule has 2 aromatic rings. The van der Waals surface area contributed by atoms with Crippen LogP contribution in [0.3, 0.4) is 0 Å². The average Bonchev–Trinajstić information content (AvgIpc) is 2.92. The smallest absolute Gasteiger partial charge is 0.316 e. The van der Waals surface area contributed by atoms with E-state index in [0.717, 1.165) is 17.0 Å². The van der Waals surface area contributed by atoms with E-state index in [4.69, 9.17) is 15.0 Å². The van der Waals surface area contributed by atoms with E-state index in [0.29, 0.717) is 5.75 Å². The highest BCUT2D eigenvalue weighted by Crippen LogP contribution is 2.19. The number of nitrogens with two attached hydrogens (primary N) is 1. The first-order valence-electron chi connectivity index (χ1n) is 7.72. The Hall–Kier alpha value is -2.81. The normalized spacial score (nSPS) is 10.4. The molecule has 2 amide bonds. The molecular weight excluding hydrogens is 358 g/mol. The Kier molecular flexibility index (Phi) is 6.79. The molecule has 0 radical (unpaired) electrons. The first-order valence-corrected chi connectivity index (χ1v) is 8.87. The van der Waals surface area contributed by atoms with E-state index in [1.165, 1.54) is 17.8 Å². The second-order valence-corrected chi connectivity index (χ2v) is 6.40. The molecule has 0 aliphatic heterocycles. The van der Waals surface area contributed by atoms with E-state index in [1.54, 1.807) is 18.2 Å². The third-order valence-electron chi connectivity index (χ3n) is 3.48. The molecule has 0 atom stereocenters. The van der Waals surface area contributed by atoms with Crippen LogP contribution in [-0.2, 0) is 20.1 Å². The summed E-state index contributed by atoms with van der Waals surface area (Å²) >= 11 is 1.34. The van der Waals surface area contributed by atoms with Crippen LogP contribution >= 0.6 is 11.8 Å². The Balaban J connectivity index is 1.75. The average molecular weight is 377 g/mol. The molecule has 0 unspecified atom stereocenters. The van der Waals surface area contributed by atoms with Gasteiger partial charge >= 0.3 is 5.97 Å². The minimum Gasteiger partial charge on any atom is -0.455 e. The Labute approximate surface area is 154 Å². The number of aryl methyl sites for hydroxylation is 2. The number of para-hydroxylation sites is 1. The van der Waals surface area contributed by atoms with Gasteiger partial charge < -0.3 is 20.3 Å². The summed E-state index contributed by atoms with van der Waals surface area (Å²) in [6, 6.07) is 6.32. The maximum Gasteiger partial charge on any atom is 0.316 e. The van der Waals surface area contributed by atoms with Crippen LogP contribution in [0, 0.1) is 13.8 Å². The minimum atomic E-state index is -0.659. The van der Waals surface area contributed by atoms with Crippen molar-refractivity contribution in [3.63, 3.8) is 0 Å². The highest BCUT2D eigenvalue weighted by Gasteiger charge is 2.13. The number of thioether (sulfide) groups is 1. The number of carbonyl (C=O) groups excluding carboxylic acids is 3. The zero-order valence-corrected chi connectivity index (χ0v) is 15.2. The number of nitrogens with one attached hydrogen (secondary N) is 1. The van der Waals surface area contributed by atoms with Crippen LogP contribution in [0.4, 0.5) is 5.69 Å². The number of carbonyl (C=O) groups is 3. The lowest BCUT2D eigenvalue weighted by Gasteiger charge is -2.09. The standard InChI is InChI=1S/C17H19N3O5S/c1-10-13(11(2)25-20-10)8-26-9-16(22)24-7-15(21)19-14-6-4-3-5-12(14)17(18)23/h3-6H,7-9H2,1-2H3,(H2,18,23)(H,19,21). The molecule has 0 aliphatic carbocycles. The molecule has 26 heavy (non-hydrogen) atoms. The highest BCUT2D eigenvalue weighted by molar-refractivity contribution is 7.99. The van der Waals surface area contributed by atoms with E-state index >= 15 is 0 Å². The van der Waals surface area contributed by atoms with Crippen molar-refractivity contribution >= 4 is 35.2 Å². The molecular formula is C17H19N3O5S. The summed E-state index contributed by atoms with van der Waals surface area (Å²) in [7, 11) is 0. The third kappa shape index (κ3) is 5.35. The number of amides is 2. The number of anilines is 1. The number of nitrogens with zero attached hydrogens (tertiary/aromatic N) is 1. The predicted octanol–water partition coefficient (Wildman–Crippen LogP) is 1.81. The number of aromatic nitrogens is 1. The number of hydrogen-bond acceptors (Lipinski definition) is 7. The van der Waals surface area contributed by atoms with Crippen molar-refractivity contribution in [2.24, 2.45) is 5.73 Å². The van der Waals surface area contributed by atoms with Gasteiger partial charge in [0.15, 0.2) is 6.61 Å². The second-order valence-electron chi connectivity index (χ2n) is 5.41. The topological polar surface area (TPSA) is 125 Å². The van der Waals surface area contributed by atoms with Crippen molar-refractivity contribution in [3.8, 4) is 0 Å². The van der Waals surface area contributed by atoms with E-state index in [2.05, 4.69) is 10.5 Å². The molecule has 0 aliphatic rings. The summed E-state index contributed by atoms with van der Waals surface area (Å²) in [5.74, 6) is -0.351. The van der Waals surface area contributed by atoms with Gasteiger partial charge in [-0.1, -0.05) is 17.3 Å². The molecule has 3 N–H and O–H groups in total. The van der Waals surface area contributed by atoms with Crippen molar-refractivity contribution in [2.75, 3.05) is 17.7 Å². The molecule has 1 heterocycles. The summed E-state index contributed by atoms with van der Waals surface area (Å²) in [6.07, 6.45) is 0. The number of primary amides is 1. The summed E-state index contributed by atoms with van der Waals surface area (Å²) in [5, 5.41) is 6.34. The van der Waals surface area contributed by atoms with Gasteiger partial charge in [-0.2, -0.15) is 0 Å². The van der Waals surface area contributed by atoms with Gasteiger partial charge in [0.05, 0.1) is 22.7 Å². The molecule has 9 heteroatoms. The Morgan fingerprint density at radius 3 is 2.65 bits per heavy atom. The first-order chi connectivity index (χ1) is 12.4. The highest BCUT2D eigenvalue weighted by atomic mass is 32.2. The third-order valence-corrected chi connectivity index (χ3v) is 4.41. The maximum absolute atomic E-state index is 11.9. The number of rotatable bonds is 8. The molecule has 1 aromatic heterocycles. The van der Waals surface area contributed by atoms with Crippen LogP contribution < -0.4 is 11.1 Å². The fourth-order valence-electron chi connectivity index (χ4n) is 2.13. The van der Waals surface area contributed by atoms with Crippen molar-refractivity contribution in [3.05, 3.63) is 46.8 Å². The van der Waals surface area contributed by atoms with Gasteiger partial charge in [0.2, 0.25) is 0 Å². The summed E-state index contributed by atoms with van der Waals surface area (Å²) in [5.41, 5.74) is 7.43. The Morgan fingerprint density at radius 2 is 2.00 bits per heavy atom. The zero-order chi connectivity index (χ0) is 19.1. The molecule has 0 bridgehead atoms. The molecule has 2 rings (SSSR count). The van der Waals surface area contributed by atoms with E-state index in [-0.39, 0.29) is 17.0 Å². The summed E-state index contributed by atoms with van der Waals surface area (Å²) in [6.45, 7) is 3.19. The number of benzene rings is 1. The Morgan fingerprint density at radius 1 is 1.27 bits per heavy atom. The maximum atomic E-state index is 11.9. The van der Waals surface area contributed by atoms with Gasteiger partial charge in [-0.05, 0) is 26.0 Å². The van der Waals surface area contributed by atoms with Crippen LogP contribution in [0.1, 0.15) is 27.4 Å². The molecule has 138 valence electrons. The van der Waals surface area contributed by atoms with Gasteiger partial charge in [0.1, 0.15) is 5.76 Å². The van der Waals surface area contributed by atoms with Gasteiger partial charge in [-0.15, -0.1) is 11.8 Å². The molecule has 0 fully saturated rings. The van der Waals surface area contributed by atoms with Crippen LogP contribution in [0.2, 0.25) is 0 Å². The molecule has 0 spiro atoms. The lowest BCUT2D eigenvalue weighted by molar-refractivity contribution is -0.144. The van der Waals surface area contributed by atoms with Gasteiger partial charge in [0, 0.05) is 11.3 Å². The fourth-order valence-corrected chi connectivity index (χ4v) is 3.09. The largest absolute Gasteiger partial charge is 0.455 e. The molecule has 8 nitrogen and oxygen atoms in total. The van der Waals surface area contributed by atoms with Gasteiger partial charge in [-0.3, -0.25) is 14.4 Å². The van der Waals surface area contributed by atoms with Crippen LogP contribution in [0.15, 0.2) is 28.8 Å². The van der Waals surface area contributed by atoms with Crippen LogP contribution in [0.25, 0.3) is 0 Å². The lowest BCUT2D eigenvalue weighted by atomic mass is 10.1. The predicted molar refractivity (Wildman–Crippen MR) is 96.7 cm³/mol. The molecule has 1 aromatic carbocycles. The molecule has 0 saturated heterocycles. The Bertz CT molecular complexity index is 799. The van der Waals surface area contributed by atoms with Crippen molar-refractivity contribution in [1.29, 1.82) is 0 Å². The molecule has 0 saturated carbocycles. The minimum absolute atomic E-state index is 0.0925. The quantitative estimate of drug-likeness (QED) is 0.672. The van der Waals surface area contributed by atoms with Crippen molar-refractivity contribution < 1.29 is 23.6 Å². The monoisotopic (exact) mass is 377 g/mol. The second kappa shape index (κ2) is 9.04. The number of hydrogen-bond donors (Lipinski definition) is 2. The van der Waals surface area contributed by atoms with Crippen LogP contribution in [0.5, 0.6) is 0 Å². The van der Waals surface area contributed by atoms with Gasteiger partial charge in [-0.25, -0.2) is 0 Å². The number of ether oxygens (including phenoxy) is 1. The lowest BCUT2D eigenvalue weighted by Crippen LogP contribution is -2.23. The van der Waals surface area contributed by atoms with E-state index < -0.39 is 24.4 Å². The summed E-state index contributed by atoms with van der Waals surface area (Å²) < 4.78 is 9.98. The van der Waals surface area contributed by atoms with E-state index in [9.17, 15) is 14.4 Å². The fraction of sp³-hybridized carbons (Fsp3) is 0.294. The SMILES string of the molecule is Cc1noc(C)c1CSCC(=O)OCC(=O)Nc1ccccc1C(N)=O. The van der Waals surface area contributed by atoms with E-state index in [1.807, 2.05) is 13.8 Å². The zero-order valence-electron chi connectivity index (χ0n) is 14.4. The van der Waals surface area contributed by atoms with Crippen LogP contribution in [-0.4, -0.2) is 35.3 Å². The van der Waals surface area contributed by atoms with Gasteiger partial charge in [0.25, 0.3) is 11.8 Å². The first kappa shape index (κ1) is 19.5. The summed E-state index contributed by atoms with van der Waals surface area (Å²) in [4.78, 5) is 34.9. The van der Waals surface area contributed by atoms with Crippen molar-refractivity contribution in [1.82, 2.24) is 5.16 Å².